The fourth-order valence-corrected chi connectivity index (χ4v) is 2.02. The molecule has 2 rings (SSSR count). The van der Waals surface area contributed by atoms with Gasteiger partial charge < -0.3 is 10.8 Å². The van der Waals surface area contributed by atoms with Crippen LogP contribution in [0, 0.1) is 11.6 Å². The number of halogens is 2. The maximum atomic E-state index is 13.3. The number of rotatable bonds is 2. The van der Waals surface area contributed by atoms with Crippen LogP contribution in [0.5, 0.6) is 0 Å². The molecule has 0 saturated carbocycles. The number of nitrogens with zero attached hydrogens (tertiary/aromatic N) is 1. The van der Waals surface area contributed by atoms with E-state index in [1.54, 1.807) is 0 Å². The molecule has 0 fully saturated rings. The molecule has 0 amide bonds. The zero-order chi connectivity index (χ0) is 11.7. The lowest BCUT2D eigenvalue weighted by Gasteiger charge is -2.10. The van der Waals surface area contributed by atoms with E-state index < -0.39 is 17.7 Å². The monoisotopic (exact) mass is 242 g/mol. The molecule has 1 atom stereocenters. The highest BCUT2D eigenvalue weighted by molar-refractivity contribution is 7.15. The number of hydrogen-bond donors (Lipinski definition) is 2. The van der Waals surface area contributed by atoms with E-state index in [4.69, 9.17) is 5.73 Å². The van der Waals surface area contributed by atoms with Crippen molar-refractivity contribution >= 4 is 16.5 Å². The number of nitrogen functional groups attached to an aromatic ring is 1. The molecule has 3 N–H and O–H groups in total. The average molecular weight is 242 g/mol. The van der Waals surface area contributed by atoms with Crippen LogP contribution in [0.3, 0.4) is 0 Å². The second kappa shape index (κ2) is 4.15. The van der Waals surface area contributed by atoms with Crippen molar-refractivity contribution < 1.29 is 13.9 Å². The quantitative estimate of drug-likeness (QED) is 0.847. The van der Waals surface area contributed by atoms with E-state index in [1.165, 1.54) is 12.3 Å². The Balaban J connectivity index is 2.45. The van der Waals surface area contributed by atoms with Crippen molar-refractivity contribution in [2.75, 3.05) is 5.73 Å². The van der Waals surface area contributed by atoms with Crippen LogP contribution in [0.1, 0.15) is 16.5 Å². The second-order valence-electron chi connectivity index (χ2n) is 3.14. The molecule has 6 heteroatoms. The van der Waals surface area contributed by atoms with Gasteiger partial charge in [-0.05, 0) is 12.1 Å². The Kier molecular flexibility index (Phi) is 2.84. The fraction of sp³-hybridized carbons (Fsp3) is 0.100. The largest absolute Gasteiger partial charge is 0.383 e. The number of aliphatic hydroxyl groups is 1. The summed E-state index contributed by atoms with van der Waals surface area (Å²) in [6.07, 6.45) is -0.0766. The van der Waals surface area contributed by atoms with Crippen molar-refractivity contribution in [3.8, 4) is 0 Å². The molecule has 84 valence electrons. The molecule has 0 radical (unpaired) electrons. The van der Waals surface area contributed by atoms with Crippen LogP contribution < -0.4 is 5.73 Å². The summed E-state index contributed by atoms with van der Waals surface area (Å²) in [5.74, 6) is -1.58. The third-order valence-corrected chi connectivity index (χ3v) is 2.96. The third-order valence-electron chi connectivity index (χ3n) is 2.08. The average Bonchev–Trinajstić information content (AvgIpc) is 2.64. The first-order chi connectivity index (χ1) is 7.59. The summed E-state index contributed by atoms with van der Waals surface area (Å²) >= 11 is 0.991. The number of thiazole rings is 1. The summed E-state index contributed by atoms with van der Waals surface area (Å²) in [5.41, 5.74) is 5.00. The zero-order valence-electron chi connectivity index (χ0n) is 8.02. The molecular formula is C10H8F2N2OS. The summed E-state index contributed by atoms with van der Waals surface area (Å²) in [5, 5.41) is 10.0. The SMILES string of the molecule is Nc1ncc(C(O)c2c(F)cccc2F)s1. The highest BCUT2D eigenvalue weighted by Crippen LogP contribution is 2.30. The van der Waals surface area contributed by atoms with E-state index in [0.29, 0.717) is 4.88 Å². The minimum Gasteiger partial charge on any atom is -0.383 e. The maximum Gasteiger partial charge on any atom is 0.180 e. The van der Waals surface area contributed by atoms with Gasteiger partial charge >= 0.3 is 0 Å². The van der Waals surface area contributed by atoms with Gasteiger partial charge in [0, 0.05) is 6.20 Å². The van der Waals surface area contributed by atoms with Crippen molar-refractivity contribution in [2.45, 2.75) is 6.10 Å². The molecule has 1 aromatic carbocycles. The number of benzene rings is 1. The minimum absolute atomic E-state index is 0.241. The minimum atomic E-state index is -1.38. The van der Waals surface area contributed by atoms with E-state index in [9.17, 15) is 13.9 Å². The van der Waals surface area contributed by atoms with E-state index >= 15 is 0 Å². The first kappa shape index (κ1) is 11.0. The molecule has 0 aliphatic rings. The van der Waals surface area contributed by atoms with Crippen LogP contribution in [0.15, 0.2) is 24.4 Å². The molecular weight excluding hydrogens is 234 g/mol. The predicted molar refractivity (Wildman–Crippen MR) is 56.9 cm³/mol. The number of aromatic nitrogens is 1. The van der Waals surface area contributed by atoms with Gasteiger partial charge in [0.1, 0.15) is 17.7 Å². The summed E-state index contributed by atoms with van der Waals surface area (Å²) < 4.78 is 26.7. The van der Waals surface area contributed by atoms with Crippen molar-refractivity contribution in [3.63, 3.8) is 0 Å². The van der Waals surface area contributed by atoms with Gasteiger partial charge in [0.05, 0.1) is 10.4 Å². The van der Waals surface area contributed by atoms with Gasteiger partial charge in [-0.1, -0.05) is 17.4 Å². The summed E-state index contributed by atoms with van der Waals surface area (Å²) in [4.78, 5) is 4.02. The molecule has 16 heavy (non-hydrogen) atoms. The summed E-state index contributed by atoms with van der Waals surface area (Å²) in [7, 11) is 0. The summed E-state index contributed by atoms with van der Waals surface area (Å²) in [6.45, 7) is 0. The smallest absolute Gasteiger partial charge is 0.180 e. The molecule has 0 aliphatic heterocycles. The van der Waals surface area contributed by atoms with Gasteiger partial charge in [-0.15, -0.1) is 0 Å². The molecule has 0 saturated heterocycles. The van der Waals surface area contributed by atoms with Crippen LogP contribution in [0.2, 0.25) is 0 Å². The molecule has 2 aromatic rings. The lowest BCUT2D eigenvalue weighted by atomic mass is 10.1. The summed E-state index contributed by atoms with van der Waals surface area (Å²) in [6, 6.07) is 3.42. The van der Waals surface area contributed by atoms with Crippen molar-refractivity contribution in [1.82, 2.24) is 4.98 Å². The van der Waals surface area contributed by atoms with Gasteiger partial charge in [0.25, 0.3) is 0 Å². The maximum absolute atomic E-state index is 13.3. The Morgan fingerprint density at radius 2 is 1.94 bits per heavy atom. The standard InChI is InChI=1S/C10H8F2N2OS/c11-5-2-1-3-6(12)8(5)9(15)7-4-14-10(13)16-7/h1-4,9,15H,(H2,13,14). The van der Waals surface area contributed by atoms with E-state index in [1.807, 2.05) is 0 Å². The highest BCUT2D eigenvalue weighted by Gasteiger charge is 2.21. The van der Waals surface area contributed by atoms with Gasteiger partial charge in [0.2, 0.25) is 0 Å². The third kappa shape index (κ3) is 1.89. The topological polar surface area (TPSA) is 59.1 Å². The number of hydrogen-bond acceptors (Lipinski definition) is 4. The normalized spacial score (nSPS) is 12.7. The Morgan fingerprint density at radius 3 is 2.44 bits per heavy atom. The molecule has 3 nitrogen and oxygen atoms in total. The van der Waals surface area contributed by atoms with Crippen LogP contribution in [0.25, 0.3) is 0 Å². The van der Waals surface area contributed by atoms with Crippen LogP contribution in [-0.4, -0.2) is 10.1 Å². The Hall–Kier alpha value is -1.53. The van der Waals surface area contributed by atoms with Crippen molar-refractivity contribution in [2.24, 2.45) is 0 Å². The second-order valence-corrected chi connectivity index (χ2v) is 4.23. The van der Waals surface area contributed by atoms with Gasteiger partial charge in [-0.25, -0.2) is 13.8 Å². The number of aliphatic hydroxyl groups excluding tert-OH is 1. The Labute approximate surface area is 94.2 Å². The van der Waals surface area contributed by atoms with Gasteiger partial charge in [-0.3, -0.25) is 0 Å². The Morgan fingerprint density at radius 1 is 1.31 bits per heavy atom. The van der Waals surface area contributed by atoms with E-state index in [-0.39, 0.29) is 10.7 Å². The molecule has 0 spiro atoms. The van der Waals surface area contributed by atoms with Crippen LogP contribution >= 0.6 is 11.3 Å². The molecule has 1 heterocycles. The van der Waals surface area contributed by atoms with Crippen LogP contribution in [0.4, 0.5) is 13.9 Å². The zero-order valence-corrected chi connectivity index (χ0v) is 8.84. The lowest BCUT2D eigenvalue weighted by Crippen LogP contribution is -2.03. The van der Waals surface area contributed by atoms with Crippen molar-refractivity contribution in [1.29, 1.82) is 0 Å². The van der Waals surface area contributed by atoms with E-state index in [2.05, 4.69) is 4.98 Å². The first-order valence-electron chi connectivity index (χ1n) is 4.42. The Bertz CT molecular complexity index is 495. The highest BCUT2D eigenvalue weighted by atomic mass is 32.1. The fourth-order valence-electron chi connectivity index (χ4n) is 1.34. The predicted octanol–water partition coefficient (Wildman–Crippen LogP) is 2.09. The van der Waals surface area contributed by atoms with Crippen molar-refractivity contribution in [3.05, 3.63) is 46.5 Å². The number of nitrogens with two attached hydrogens (primary N) is 1. The molecule has 1 aromatic heterocycles. The molecule has 1 unspecified atom stereocenters. The van der Waals surface area contributed by atoms with E-state index in [0.717, 1.165) is 23.5 Å². The number of anilines is 1. The molecule has 0 aliphatic carbocycles. The van der Waals surface area contributed by atoms with Gasteiger partial charge in [-0.2, -0.15) is 0 Å². The first-order valence-corrected chi connectivity index (χ1v) is 5.24. The molecule has 0 bridgehead atoms. The van der Waals surface area contributed by atoms with Gasteiger partial charge in [0.15, 0.2) is 5.13 Å². The van der Waals surface area contributed by atoms with Crippen LogP contribution in [-0.2, 0) is 0 Å². The lowest BCUT2D eigenvalue weighted by molar-refractivity contribution is 0.212.